The van der Waals surface area contributed by atoms with Crippen LogP contribution in [0.15, 0.2) is 12.4 Å². The monoisotopic (exact) mass is 290 g/mol. The highest BCUT2D eigenvalue weighted by Crippen LogP contribution is 2.30. The van der Waals surface area contributed by atoms with E-state index >= 15 is 0 Å². The minimum Gasteiger partial charge on any atom is -0.337 e. The highest BCUT2D eigenvalue weighted by molar-refractivity contribution is 5.82. The van der Waals surface area contributed by atoms with Gasteiger partial charge in [-0.3, -0.25) is 4.79 Å². The van der Waals surface area contributed by atoms with Gasteiger partial charge in [-0.15, -0.1) is 0 Å². The zero-order chi connectivity index (χ0) is 14.8. The molecule has 1 amide bonds. The molecule has 1 saturated carbocycles. The molecule has 3 rings (SSSR count). The van der Waals surface area contributed by atoms with Crippen LogP contribution in [0, 0.1) is 5.92 Å². The molecule has 1 N–H and O–H groups in total. The third-order valence-electron chi connectivity index (χ3n) is 4.89. The van der Waals surface area contributed by atoms with Gasteiger partial charge >= 0.3 is 0 Å². The van der Waals surface area contributed by atoms with E-state index in [0.29, 0.717) is 18.5 Å². The molecule has 0 spiro atoms. The third-order valence-corrected chi connectivity index (χ3v) is 4.89. The van der Waals surface area contributed by atoms with E-state index in [-0.39, 0.29) is 11.9 Å². The molecule has 5 heteroatoms. The summed E-state index contributed by atoms with van der Waals surface area (Å²) in [5, 5.41) is 3.42. The molecule has 2 heterocycles. The number of nitrogens with one attached hydrogen (secondary N) is 1. The molecule has 5 nitrogen and oxygen atoms in total. The van der Waals surface area contributed by atoms with Gasteiger partial charge in [0.1, 0.15) is 5.82 Å². The van der Waals surface area contributed by atoms with Gasteiger partial charge in [0, 0.05) is 25.5 Å². The second-order valence-corrected chi connectivity index (χ2v) is 6.46. The number of amides is 1. The molecule has 2 aliphatic rings. The Bertz CT molecular complexity index is 494. The predicted molar refractivity (Wildman–Crippen MR) is 81.6 cm³/mol. The smallest absolute Gasteiger partial charge is 0.240 e. The summed E-state index contributed by atoms with van der Waals surface area (Å²) in [6.45, 7) is 3.84. The second kappa shape index (κ2) is 6.18. The Morgan fingerprint density at radius 1 is 1.48 bits per heavy atom. The number of carbonyl (C=O) groups excluding carboxylic acids is 1. The lowest BCUT2D eigenvalue weighted by Gasteiger charge is -2.33. The van der Waals surface area contributed by atoms with Crippen LogP contribution in [0.4, 0.5) is 0 Å². The van der Waals surface area contributed by atoms with Crippen LogP contribution in [-0.2, 0) is 18.4 Å². The first-order valence-electron chi connectivity index (χ1n) is 8.19. The molecule has 0 aromatic carbocycles. The van der Waals surface area contributed by atoms with Gasteiger partial charge < -0.3 is 14.8 Å². The average Bonchev–Trinajstić information content (AvgIpc) is 3.27. The third kappa shape index (κ3) is 3.28. The second-order valence-electron chi connectivity index (χ2n) is 6.46. The van der Waals surface area contributed by atoms with E-state index in [1.807, 2.05) is 17.8 Å². The Labute approximate surface area is 126 Å². The van der Waals surface area contributed by atoms with Crippen molar-refractivity contribution in [3.05, 3.63) is 18.2 Å². The first-order valence-corrected chi connectivity index (χ1v) is 8.19. The van der Waals surface area contributed by atoms with Crippen LogP contribution in [0.3, 0.4) is 0 Å². The maximum absolute atomic E-state index is 12.9. The lowest BCUT2D eigenvalue weighted by Crippen LogP contribution is -2.50. The molecule has 1 saturated heterocycles. The van der Waals surface area contributed by atoms with Crippen molar-refractivity contribution in [2.75, 3.05) is 6.54 Å². The molecule has 1 aromatic rings. The van der Waals surface area contributed by atoms with Gasteiger partial charge in [-0.2, -0.15) is 0 Å². The summed E-state index contributed by atoms with van der Waals surface area (Å²) in [6.07, 6.45) is 9.38. The Kier molecular flexibility index (Phi) is 4.29. The maximum atomic E-state index is 12.9. The number of imidazole rings is 1. The number of hydrogen-bond donors (Lipinski definition) is 1. The summed E-state index contributed by atoms with van der Waals surface area (Å²) in [5.74, 6) is 1.94. The molecule has 1 aliphatic carbocycles. The number of nitrogens with zero attached hydrogens (tertiary/aromatic N) is 3. The van der Waals surface area contributed by atoms with Gasteiger partial charge in [-0.25, -0.2) is 4.98 Å². The number of carbonyl (C=O) groups is 1. The van der Waals surface area contributed by atoms with Crippen molar-refractivity contribution in [2.45, 2.75) is 57.7 Å². The first-order chi connectivity index (χ1) is 10.2. The van der Waals surface area contributed by atoms with Crippen LogP contribution in [-0.4, -0.2) is 39.0 Å². The van der Waals surface area contributed by atoms with Gasteiger partial charge in [0.25, 0.3) is 0 Å². The van der Waals surface area contributed by atoms with E-state index in [0.717, 1.165) is 31.6 Å². The minimum atomic E-state index is 0.00423. The maximum Gasteiger partial charge on any atom is 0.240 e. The topological polar surface area (TPSA) is 50.2 Å². The van der Waals surface area contributed by atoms with E-state index in [1.165, 1.54) is 12.8 Å². The van der Waals surface area contributed by atoms with Crippen LogP contribution < -0.4 is 5.32 Å². The van der Waals surface area contributed by atoms with Crippen LogP contribution in [0.2, 0.25) is 0 Å². The normalized spacial score (nSPS) is 25.8. The Morgan fingerprint density at radius 2 is 2.29 bits per heavy atom. The molecule has 2 fully saturated rings. The molecule has 116 valence electrons. The van der Waals surface area contributed by atoms with E-state index < -0.39 is 0 Å². The van der Waals surface area contributed by atoms with Crippen molar-refractivity contribution in [3.8, 4) is 0 Å². The molecule has 2 atom stereocenters. The fourth-order valence-electron chi connectivity index (χ4n) is 3.23. The fourth-order valence-corrected chi connectivity index (χ4v) is 3.23. The van der Waals surface area contributed by atoms with Crippen LogP contribution in [0.1, 0.15) is 44.9 Å². The van der Waals surface area contributed by atoms with Crippen molar-refractivity contribution in [2.24, 2.45) is 13.0 Å². The average molecular weight is 290 g/mol. The Morgan fingerprint density at radius 3 is 2.90 bits per heavy atom. The van der Waals surface area contributed by atoms with Crippen molar-refractivity contribution in [1.82, 2.24) is 19.8 Å². The first kappa shape index (κ1) is 14.6. The van der Waals surface area contributed by atoms with E-state index in [4.69, 9.17) is 0 Å². The number of aromatic nitrogens is 2. The van der Waals surface area contributed by atoms with Gasteiger partial charge in [-0.05, 0) is 38.1 Å². The molecule has 1 aliphatic heterocycles. The molecule has 2 unspecified atom stereocenters. The zero-order valence-electron chi connectivity index (χ0n) is 13.1. The van der Waals surface area contributed by atoms with Crippen LogP contribution in [0.5, 0.6) is 0 Å². The predicted octanol–water partition coefficient (Wildman–Crippen LogP) is 1.69. The van der Waals surface area contributed by atoms with Crippen molar-refractivity contribution in [1.29, 1.82) is 0 Å². The molecule has 1 aromatic heterocycles. The Hall–Kier alpha value is -1.36. The number of piperidine rings is 1. The largest absolute Gasteiger partial charge is 0.337 e. The quantitative estimate of drug-likeness (QED) is 0.898. The Balaban J connectivity index is 1.68. The number of aryl methyl sites for hydroxylation is 1. The lowest BCUT2D eigenvalue weighted by molar-refractivity contribution is -0.135. The van der Waals surface area contributed by atoms with Gasteiger partial charge in [0.15, 0.2) is 0 Å². The van der Waals surface area contributed by atoms with Crippen molar-refractivity contribution >= 4 is 5.91 Å². The molecular formula is C16H26N4O. The molecule has 21 heavy (non-hydrogen) atoms. The van der Waals surface area contributed by atoms with Crippen molar-refractivity contribution in [3.63, 3.8) is 0 Å². The van der Waals surface area contributed by atoms with E-state index in [9.17, 15) is 4.79 Å². The van der Waals surface area contributed by atoms with Crippen LogP contribution in [0.25, 0.3) is 0 Å². The molecule has 0 bridgehead atoms. The van der Waals surface area contributed by atoms with Crippen molar-refractivity contribution < 1.29 is 4.79 Å². The number of hydrogen-bond acceptors (Lipinski definition) is 3. The van der Waals surface area contributed by atoms with Gasteiger partial charge in [0.05, 0.1) is 12.6 Å². The zero-order valence-corrected chi connectivity index (χ0v) is 13.1. The lowest BCUT2D eigenvalue weighted by atomic mass is 9.90. The number of rotatable bonds is 5. The van der Waals surface area contributed by atoms with Gasteiger partial charge in [-0.1, -0.05) is 13.3 Å². The van der Waals surface area contributed by atoms with Crippen LogP contribution >= 0.6 is 0 Å². The van der Waals surface area contributed by atoms with Gasteiger partial charge in [0.2, 0.25) is 5.91 Å². The summed E-state index contributed by atoms with van der Waals surface area (Å²) >= 11 is 0. The molecular weight excluding hydrogens is 264 g/mol. The van der Waals surface area contributed by atoms with E-state index in [1.54, 1.807) is 6.20 Å². The standard InChI is InChI=1S/C16H26N4O/c1-3-12-6-7-17-14(10-12)16(21)20(13-4-5-13)11-15-18-8-9-19(15)2/h8-9,12-14,17H,3-7,10-11H2,1-2H3. The highest BCUT2D eigenvalue weighted by atomic mass is 16.2. The summed E-state index contributed by atoms with van der Waals surface area (Å²) in [6, 6.07) is 0.433. The summed E-state index contributed by atoms with van der Waals surface area (Å²) < 4.78 is 2.01. The SMILES string of the molecule is CCC1CCNC(C(=O)N(Cc2nccn2C)C2CC2)C1. The van der Waals surface area contributed by atoms with E-state index in [2.05, 4.69) is 22.1 Å². The molecule has 0 radical (unpaired) electrons. The fraction of sp³-hybridized carbons (Fsp3) is 0.750. The summed E-state index contributed by atoms with van der Waals surface area (Å²) in [4.78, 5) is 19.3. The highest BCUT2D eigenvalue weighted by Gasteiger charge is 2.37. The summed E-state index contributed by atoms with van der Waals surface area (Å²) in [7, 11) is 1.99. The summed E-state index contributed by atoms with van der Waals surface area (Å²) in [5.41, 5.74) is 0. The minimum absolute atomic E-state index is 0.00423.